The van der Waals surface area contributed by atoms with Crippen LogP contribution in [0.1, 0.15) is 44.0 Å². The molecule has 2 N–H and O–H groups in total. The highest BCUT2D eigenvalue weighted by atomic mass is 16.2. The summed E-state index contributed by atoms with van der Waals surface area (Å²) in [6.45, 7) is 6.14. The van der Waals surface area contributed by atoms with Gasteiger partial charge in [0.05, 0.1) is 12.2 Å². The highest BCUT2D eigenvalue weighted by Crippen LogP contribution is 2.29. The number of nitrogens with zero attached hydrogens (tertiary/aromatic N) is 2. The van der Waals surface area contributed by atoms with Crippen LogP contribution in [0.2, 0.25) is 0 Å². The molecule has 1 amide bonds. The number of rotatable bonds is 5. The molecule has 0 radical (unpaired) electrons. The van der Waals surface area contributed by atoms with Crippen LogP contribution in [0.3, 0.4) is 0 Å². The van der Waals surface area contributed by atoms with Crippen LogP contribution in [0, 0.1) is 18.8 Å². The van der Waals surface area contributed by atoms with E-state index in [1.165, 1.54) is 0 Å². The molecule has 1 fully saturated rings. The average molecular weight is 289 g/mol. The number of carbonyl (C=O) groups is 1. The van der Waals surface area contributed by atoms with Crippen molar-refractivity contribution >= 4 is 5.91 Å². The van der Waals surface area contributed by atoms with Gasteiger partial charge in [-0.3, -0.25) is 9.78 Å². The second kappa shape index (κ2) is 7.55. The normalized spacial score (nSPS) is 22.0. The zero-order valence-electron chi connectivity index (χ0n) is 13.2. The highest BCUT2D eigenvalue weighted by molar-refractivity contribution is 5.78. The van der Waals surface area contributed by atoms with Crippen molar-refractivity contribution in [1.82, 2.24) is 9.88 Å². The third-order valence-electron chi connectivity index (χ3n) is 4.52. The fourth-order valence-corrected chi connectivity index (χ4v) is 3.13. The number of hydrogen-bond acceptors (Lipinski definition) is 3. The molecule has 0 bridgehead atoms. The quantitative estimate of drug-likeness (QED) is 0.906. The molecule has 0 atom stereocenters. The van der Waals surface area contributed by atoms with Gasteiger partial charge in [0.15, 0.2) is 0 Å². The van der Waals surface area contributed by atoms with Crippen LogP contribution in [0.4, 0.5) is 0 Å². The zero-order chi connectivity index (χ0) is 15.2. The largest absolute Gasteiger partial charge is 0.337 e. The average Bonchev–Trinajstić information content (AvgIpc) is 2.52. The molecule has 1 aliphatic carbocycles. The lowest BCUT2D eigenvalue weighted by atomic mass is 9.81. The van der Waals surface area contributed by atoms with E-state index in [4.69, 9.17) is 5.73 Å². The monoisotopic (exact) mass is 289 g/mol. The van der Waals surface area contributed by atoms with Gasteiger partial charge in [0.1, 0.15) is 0 Å². The number of amides is 1. The summed E-state index contributed by atoms with van der Waals surface area (Å²) in [5, 5.41) is 0. The van der Waals surface area contributed by atoms with Gasteiger partial charge in [-0.05, 0) is 64.1 Å². The second-order valence-corrected chi connectivity index (χ2v) is 6.08. The van der Waals surface area contributed by atoms with Crippen LogP contribution in [-0.4, -0.2) is 28.9 Å². The lowest BCUT2D eigenvalue weighted by Gasteiger charge is -2.31. The molecule has 4 heteroatoms. The van der Waals surface area contributed by atoms with Crippen molar-refractivity contribution in [3.63, 3.8) is 0 Å². The number of hydrogen-bond donors (Lipinski definition) is 1. The summed E-state index contributed by atoms with van der Waals surface area (Å²) in [6.07, 6.45) is 4.15. The van der Waals surface area contributed by atoms with Gasteiger partial charge in [-0.15, -0.1) is 0 Å². The molecule has 21 heavy (non-hydrogen) atoms. The second-order valence-electron chi connectivity index (χ2n) is 6.08. The van der Waals surface area contributed by atoms with Crippen molar-refractivity contribution in [2.45, 2.75) is 46.1 Å². The van der Waals surface area contributed by atoms with Gasteiger partial charge >= 0.3 is 0 Å². The Balaban J connectivity index is 1.96. The lowest BCUT2D eigenvalue weighted by Crippen LogP contribution is -2.38. The van der Waals surface area contributed by atoms with E-state index in [-0.39, 0.29) is 11.8 Å². The SMILES string of the molecule is CCN(Cc1cccc(C)n1)C(=O)C1CCC(CN)CC1. The van der Waals surface area contributed by atoms with Crippen LogP contribution in [0.25, 0.3) is 0 Å². The van der Waals surface area contributed by atoms with Crippen LogP contribution < -0.4 is 5.73 Å². The first-order valence-electron chi connectivity index (χ1n) is 8.05. The summed E-state index contributed by atoms with van der Waals surface area (Å²) >= 11 is 0. The van der Waals surface area contributed by atoms with Gasteiger partial charge in [-0.1, -0.05) is 6.07 Å². The molecule has 1 saturated carbocycles. The smallest absolute Gasteiger partial charge is 0.226 e. The Hall–Kier alpha value is -1.42. The molecule has 1 heterocycles. The summed E-state index contributed by atoms with van der Waals surface area (Å²) in [7, 11) is 0. The Morgan fingerprint density at radius 1 is 1.33 bits per heavy atom. The number of nitrogens with two attached hydrogens (primary N) is 1. The first-order valence-corrected chi connectivity index (χ1v) is 8.05. The minimum Gasteiger partial charge on any atom is -0.337 e. The number of carbonyl (C=O) groups excluding carboxylic acids is 1. The summed E-state index contributed by atoms with van der Waals surface area (Å²) < 4.78 is 0. The maximum atomic E-state index is 12.7. The van der Waals surface area contributed by atoms with Gasteiger partial charge in [0, 0.05) is 18.2 Å². The molecular formula is C17H27N3O. The van der Waals surface area contributed by atoms with E-state index in [0.29, 0.717) is 12.5 Å². The van der Waals surface area contributed by atoms with Crippen LogP contribution in [0.15, 0.2) is 18.2 Å². The predicted octanol–water partition coefficient (Wildman–Crippen LogP) is 2.50. The molecule has 1 aromatic rings. The van der Waals surface area contributed by atoms with E-state index < -0.39 is 0 Å². The van der Waals surface area contributed by atoms with E-state index >= 15 is 0 Å². The molecule has 0 saturated heterocycles. The van der Waals surface area contributed by atoms with E-state index in [0.717, 1.165) is 50.2 Å². The number of pyridine rings is 1. The minimum absolute atomic E-state index is 0.178. The standard InChI is InChI=1S/C17H27N3O/c1-3-20(12-16-6-4-5-13(2)19-16)17(21)15-9-7-14(11-18)8-10-15/h4-6,14-15H,3,7-12,18H2,1-2H3. The van der Waals surface area contributed by atoms with Crippen molar-refractivity contribution in [3.05, 3.63) is 29.6 Å². The molecule has 0 unspecified atom stereocenters. The summed E-state index contributed by atoms with van der Waals surface area (Å²) in [5.74, 6) is 1.08. The first kappa shape index (κ1) is 16.0. The van der Waals surface area contributed by atoms with E-state index in [1.807, 2.05) is 36.9 Å². The minimum atomic E-state index is 0.178. The first-order chi connectivity index (χ1) is 10.1. The maximum absolute atomic E-state index is 12.7. The third-order valence-corrected chi connectivity index (χ3v) is 4.52. The van der Waals surface area contributed by atoms with Gasteiger partial charge in [0.2, 0.25) is 5.91 Å². The van der Waals surface area contributed by atoms with Gasteiger partial charge < -0.3 is 10.6 Å². The van der Waals surface area contributed by atoms with Crippen molar-refractivity contribution < 1.29 is 4.79 Å². The number of aromatic nitrogens is 1. The van der Waals surface area contributed by atoms with Crippen LogP contribution in [-0.2, 0) is 11.3 Å². The molecule has 1 aromatic heterocycles. The third kappa shape index (κ3) is 4.27. The van der Waals surface area contributed by atoms with Crippen LogP contribution in [0.5, 0.6) is 0 Å². The van der Waals surface area contributed by atoms with Crippen LogP contribution >= 0.6 is 0 Å². The topological polar surface area (TPSA) is 59.2 Å². The maximum Gasteiger partial charge on any atom is 0.226 e. The van der Waals surface area contributed by atoms with Crippen molar-refractivity contribution in [3.8, 4) is 0 Å². The Kier molecular flexibility index (Phi) is 5.74. The number of aryl methyl sites for hydroxylation is 1. The Morgan fingerprint density at radius 2 is 2.05 bits per heavy atom. The van der Waals surface area contributed by atoms with E-state index in [1.54, 1.807) is 0 Å². The molecule has 1 aliphatic rings. The molecule has 4 nitrogen and oxygen atoms in total. The van der Waals surface area contributed by atoms with Gasteiger partial charge in [-0.2, -0.15) is 0 Å². The van der Waals surface area contributed by atoms with Crippen molar-refractivity contribution in [2.24, 2.45) is 17.6 Å². The van der Waals surface area contributed by atoms with Gasteiger partial charge in [-0.25, -0.2) is 0 Å². The van der Waals surface area contributed by atoms with E-state index in [2.05, 4.69) is 4.98 Å². The summed E-state index contributed by atoms with van der Waals surface area (Å²) in [5.41, 5.74) is 7.70. The molecule has 2 rings (SSSR count). The fourth-order valence-electron chi connectivity index (χ4n) is 3.13. The lowest BCUT2D eigenvalue weighted by molar-refractivity contribution is -0.137. The molecule has 0 aliphatic heterocycles. The summed E-state index contributed by atoms with van der Waals surface area (Å²) in [4.78, 5) is 19.1. The molecular weight excluding hydrogens is 262 g/mol. The van der Waals surface area contributed by atoms with E-state index in [9.17, 15) is 4.79 Å². The predicted molar refractivity (Wildman–Crippen MR) is 84.6 cm³/mol. The molecule has 0 spiro atoms. The zero-order valence-corrected chi connectivity index (χ0v) is 13.2. The van der Waals surface area contributed by atoms with Gasteiger partial charge in [0.25, 0.3) is 0 Å². The fraction of sp³-hybridized carbons (Fsp3) is 0.647. The Labute approximate surface area is 127 Å². The molecule has 116 valence electrons. The summed E-state index contributed by atoms with van der Waals surface area (Å²) in [6, 6.07) is 5.98. The molecule has 0 aromatic carbocycles. The van der Waals surface area contributed by atoms with Crippen molar-refractivity contribution in [2.75, 3.05) is 13.1 Å². The highest BCUT2D eigenvalue weighted by Gasteiger charge is 2.28. The Bertz CT molecular complexity index is 467. The van der Waals surface area contributed by atoms with Crippen molar-refractivity contribution in [1.29, 1.82) is 0 Å². The Morgan fingerprint density at radius 3 is 2.62 bits per heavy atom.